The molecule has 1 heterocycles. The summed E-state index contributed by atoms with van der Waals surface area (Å²) in [5.74, 6) is 0. The van der Waals surface area contributed by atoms with Crippen LogP contribution in [-0.4, -0.2) is 0 Å². The summed E-state index contributed by atoms with van der Waals surface area (Å²) in [7, 11) is 0. The van der Waals surface area contributed by atoms with Gasteiger partial charge in [0.05, 0.1) is 0 Å². The number of hydrogen-bond acceptors (Lipinski definition) is 2. The molecule has 0 amide bonds. The number of anilines is 2. The van der Waals surface area contributed by atoms with Crippen LogP contribution in [0, 0.1) is 0 Å². The van der Waals surface area contributed by atoms with Gasteiger partial charge < -0.3 is 9.73 Å². The third-order valence-corrected chi connectivity index (χ3v) is 10.5. The largest absolute Gasteiger partial charge is 0.455 e. The van der Waals surface area contributed by atoms with Crippen molar-refractivity contribution in [2.45, 2.75) is 0 Å². The Bertz CT molecular complexity index is 2960. The van der Waals surface area contributed by atoms with E-state index in [1.54, 1.807) is 0 Å². The molecule has 0 unspecified atom stereocenters. The van der Waals surface area contributed by atoms with Crippen LogP contribution in [0.1, 0.15) is 0 Å². The van der Waals surface area contributed by atoms with Crippen molar-refractivity contribution in [1.29, 1.82) is 0 Å². The fourth-order valence-corrected chi connectivity index (χ4v) is 7.73. The van der Waals surface area contributed by atoms with Crippen LogP contribution < -0.4 is 5.32 Å². The molecule has 0 aliphatic carbocycles. The quantitative estimate of drug-likeness (QED) is 0.180. The van der Waals surface area contributed by atoms with Gasteiger partial charge in [-0.1, -0.05) is 170 Å². The summed E-state index contributed by atoms with van der Waals surface area (Å²) in [6.45, 7) is 0. The number of hydrogen-bond donors (Lipinski definition) is 1. The lowest BCUT2D eigenvalue weighted by Gasteiger charge is -2.18. The van der Waals surface area contributed by atoms with Crippen molar-refractivity contribution in [1.82, 2.24) is 0 Å². The molecule has 254 valence electrons. The summed E-state index contributed by atoms with van der Waals surface area (Å²) < 4.78 is 6.42. The molecule has 2 heteroatoms. The van der Waals surface area contributed by atoms with E-state index in [9.17, 15) is 0 Å². The van der Waals surface area contributed by atoms with E-state index in [0.717, 1.165) is 66.7 Å². The molecule has 0 saturated carbocycles. The van der Waals surface area contributed by atoms with Gasteiger partial charge in [-0.05, 0) is 86.1 Å². The van der Waals surface area contributed by atoms with Crippen molar-refractivity contribution in [3.8, 4) is 55.6 Å². The molecule has 0 aliphatic heterocycles. The van der Waals surface area contributed by atoms with Crippen LogP contribution in [0.3, 0.4) is 0 Å². The molecule has 0 aliphatic rings. The Morgan fingerprint density at radius 1 is 0.296 bits per heavy atom. The summed E-state index contributed by atoms with van der Waals surface area (Å²) in [4.78, 5) is 0. The van der Waals surface area contributed by atoms with E-state index in [1.165, 1.54) is 33.0 Å². The fourth-order valence-electron chi connectivity index (χ4n) is 7.73. The lowest BCUT2D eigenvalue weighted by Crippen LogP contribution is -1.97. The molecule has 0 radical (unpaired) electrons. The van der Waals surface area contributed by atoms with Crippen molar-refractivity contribution in [2.24, 2.45) is 0 Å². The number of fused-ring (bicyclic) bond motifs is 4. The maximum absolute atomic E-state index is 6.42. The minimum atomic E-state index is 0.905. The normalized spacial score (nSPS) is 11.3. The molecule has 1 N–H and O–H groups in total. The van der Waals surface area contributed by atoms with E-state index < -0.39 is 0 Å². The monoisotopic (exact) mass is 689 g/mol. The smallest absolute Gasteiger partial charge is 0.143 e. The third-order valence-electron chi connectivity index (χ3n) is 10.5. The summed E-state index contributed by atoms with van der Waals surface area (Å²) >= 11 is 0. The maximum atomic E-state index is 6.42. The molecule has 10 rings (SSSR count). The second-order valence-electron chi connectivity index (χ2n) is 13.8. The molecule has 0 saturated heterocycles. The van der Waals surface area contributed by atoms with Crippen LogP contribution in [0.15, 0.2) is 211 Å². The Morgan fingerprint density at radius 2 is 0.870 bits per heavy atom. The molecular weight excluding hydrogens is 655 g/mol. The average Bonchev–Trinajstić information content (AvgIpc) is 3.63. The molecule has 9 aromatic carbocycles. The molecule has 2 nitrogen and oxygen atoms in total. The summed E-state index contributed by atoms with van der Waals surface area (Å²) in [6, 6.07) is 73.5. The average molecular weight is 690 g/mol. The second-order valence-corrected chi connectivity index (χ2v) is 13.8. The van der Waals surface area contributed by atoms with Gasteiger partial charge in [-0.3, -0.25) is 0 Å². The maximum Gasteiger partial charge on any atom is 0.143 e. The molecule has 10 aromatic rings. The zero-order valence-corrected chi connectivity index (χ0v) is 29.5. The van der Waals surface area contributed by atoms with Gasteiger partial charge in [-0.2, -0.15) is 0 Å². The first-order valence-electron chi connectivity index (χ1n) is 18.4. The van der Waals surface area contributed by atoms with Crippen LogP contribution in [0.4, 0.5) is 11.4 Å². The number of benzene rings is 9. The van der Waals surface area contributed by atoms with Gasteiger partial charge in [-0.15, -0.1) is 0 Å². The zero-order chi connectivity index (χ0) is 35.8. The van der Waals surface area contributed by atoms with E-state index in [2.05, 4.69) is 199 Å². The van der Waals surface area contributed by atoms with Crippen LogP contribution in [0.2, 0.25) is 0 Å². The van der Waals surface area contributed by atoms with E-state index in [1.807, 2.05) is 12.1 Å². The topological polar surface area (TPSA) is 25.2 Å². The van der Waals surface area contributed by atoms with Gasteiger partial charge in [-0.25, -0.2) is 0 Å². The molecule has 0 atom stereocenters. The van der Waals surface area contributed by atoms with Crippen molar-refractivity contribution >= 4 is 44.1 Å². The lowest BCUT2D eigenvalue weighted by molar-refractivity contribution is 0.670. The molecule has 1 aromatic heterocycles. The molecule has 0 bridgehead atoms. The van der Waals surface area contributed by atoms with Crippen LogP contribution in [0.5, 0.6) is 0 Å². The van der Waals surface area contributed by atoms with Crippen LogP contribution >= 0.6 is 0 Å². The van der Waals surface area contributed by atoms with Crippen molar-refractivity contribution in [2.75, 3.05) is 5.32 Å². The fraction of sp³-hybridized carbons (Fsp3) is 0. The van der Waals surface area contributed by atoms with Gasteiger partial charge in [0.2, 0.25) is 0 Å². The third kappa shape index (κ3) is 5.81. The van der Waals surface area contributed by atoms with Gasteiger partial charge in [0.1, 0.15) is 11.2 Å². The minimum absolute atomic E-state index is 0.905. The summed E-state index contributed by atoms with van der Waals surface area (Å²) in [5.41, 5.74) is 15.4. The number of para-hydroxylation sites is 3. The van der Waals surface area contributed by atoms with Crippen molar-refractivity contribution in [3.63, 3.8) is 0 Å². The first kappa shape index (κ1) is 31.6. The lowest BCUT2D eigenvalue weighted by atomic mass is 9.94. The standard InChI is InChI=1S/C52H35NO/c1-2-12-35(13-3-1)37-24-27-38(28-25-37)48-34-41(40-29-26-36-14-4-5-15-39(36)32-40)30-31-50(48)53-49-22-8-6-18-44(49)42-16-10-17-43(33-42)45-20-11-21-47-46-19-7-9-23-51(46)54-52(45)47/h1-34,53H. The Labute approximate surface area is 314 Å². The van der Waals surface area contributed by atoms with E-state index in [0.29, 0.717) is 0 Å². The van der Waals surface area contributed by atoms with Crippen LogP contribution in [0.25, 0.3) is 88.3 Å². The first-order chi connectivity index (χ1) is 26.7. The van der Waals surface area contributed by atoms with Gasteiger partial charge in [0, 0.05) is 38.8 Å². The summed E-state index contributed by atoms with van der Waals surface area (Å²) in [6.07, 6.45) is 0. The highest BCUT2D eigenvalue weighted by Gasteiger charge is 2.15. The van der Waals surface area contributed by atoms with Crippen LogP contribution in [-0.2, 0) is 0 Å². The van der Waals surface area contributed by atoms with Gasteiger partial charge in [0.25, 0.3) is 0 Å². The number of furan rings is 1. The predicted molar refractivity (Wildman–Crippen MR) is 228 cm³/mol. The Hall–Kier alpha value is -7.16. The first-order valence-corrected chi connectivity index (χ1v) is 18.4. The number of rotatable bonds is 7. The SMILES string of the molecule is c1ccc(-c2ccc(-c3cc(-c4ccc5ccccc5c4)ccc3Nc3ccccc3-c3cccc(-c4cccc5c4oc4ccccc45)c3)cc2)cc1. The van der Waals surface area contributed by atoms with Crippen molar-refractivity contribution < 1.29 is 4.42 Å². The zero-order valence-electron chi connectivity index (χ0n) is 29.5. The molecule has 54 heavy (non-hydrogen) atoms. The van der Waals surface area contributed by atoms with E-state index in [-0.39, 0.29) is 0 Å². The van der Waals surface area contributed by atoms with Gasteiger partial charge in [0.15, 0.2) is 0 Å². The second kappa shape index (κ2) is 13.4. The highest BCUT2D eigenvalue weighted by Crippen LogP contribution is 2.41. The Morgan fingerprint density at radius 3 is 1.76 bits per heavy atom. The van der Waals surface area contributed by atoms with E-state index >= 15 is 0 Å². The number of nitrogens with one attached hydrogen (secondary N) is 1. The Balaban J connectivity index is 1.05. The minimum Gasteiger partial charge on any atom is -0.455 e. The predicted octanol–water partition coefficient (Wildman–Crippen LogP) is 14.8. The molecule has 0 fully saturated rings. The molecule has 0 spiro atoms. The highest BCUT2D eigenvalue weighted by atomic mass is 16.3. The van der Waals surface area contributed by atoms with E-state index in [4.69, 9.17) is 4.42 Å². The summed E-state index contributed by atoms with van der Waals surface area (Å²) in [5, 5.41) is 8.63. The van der Waals surface area contributed by atoms with Gasteiger partial charge >= 0.3 is 0 Å². The van der Waals surface area contributed by atoms with Crippen molar-refractivity contribution in [3.05, 3.63) is 206 Å². The Kier molecular flexibility index (Phi) is 7.85. The highest BCUT2D eigenvalue weighted by molar-refractivity contribution is 6.09. The molecular formula is C52H35NO.